The van der Waals surface area contributed by atoms with Crippen LogP contribution in [-0.4, -0.2) is 123 Å². The van der Waals surface area contributed by atoms with Crippen molar-refractivity contribution in [2.75, 3.05) is 57.9 Å². The van der Waals surface area contributed by atoms with E-state index in [0.717, 1.165) is 29.5 Å². The number of aromatic nitrogens is 2. The molecule has 3 aromatic rings. The molecule has 3 heterocycles. The van der Waals surface area contributed by atoms with Crippen LogP contribution in [0.2, 0.25) is 0 Å². The summed E-state index contributed by atoms with van der Waals surface area (Å²) in [6.07, 6.45) is 4.74. The Morgan fingerprint density at radius 2 is 1.56 bits per heavy atom. The summed E-state index contributed by atoms with van der Waals surface area (Å²) in [6, 6.07) is 13.9. The summed E-state index contributed by atoms with van der Waals surface area (Å²) in [5, 5.41) is 35.7. The van der Waals surface area contributed by atoms with E-state index in [1.165, 1.54) is 17.8 Å². The van der Waals surface area contributed by atoms with E-state index in [0.29, 0.717) is 24.3 Å². The summed E-state index contributed by atoms with van der Waals surface area (Å²) >= 11 is 0. The second-order valence-electron chi connectivity index (χ2n) is 13.3. The highest BCUT2D eigenvalue weighted by atomic mass is 19.3. The lowest BCUT2D eigenvalue weighted by Crippen LogP contribution is -2.56. The smallest absolute Gasteiger partial charge is 0.316 e. The number of nitrogens with zero attached hydrogens (tertiary/aromatic N) is 3. The van der Waals surface area contributed by atoms with E-state index in [9.17, 15) is 33.1 Å². The third-order valence-electron chi connectivity index (χ3n) is 8.59. The van der Waals surface area contributed by atoms with Crippen molar-refractivity contribution >= 4 is 53.6 Å². The Bertz CT molecular complexity index is 1990. The van der Waals surface area contributed by atoms with Gasteiger partial charge in [-0.15, -0.1) is 0 Å². The van der Waals surface area contributed by atoms with Crippen LogP contribution in [0.1, 0.15) is 82.9 Å². The van der Waals surface area contributed by atoms with Gasteiger partial charge >= 0.3 is 6.71 Å². The number of hydrogen-bond donors (Lipinski definition) is 8. The normalized spacial score (nSPS) is 16.5. The molecular formula is C48H74BF2N9O8. The molecule has 0 aliphatic carbocycles. The molecule has 17 nitrogen and oxygen atoms in total. The molecule has 0 radical (unpaired) electrons. The van der Waals surface area contributed by atoms with Crippen molar-refractivity contribution in [3.63, 3.8) is 0 Å². The van der Waals surface area contributed by atoms with E-state index in [2.05, 4.69) is 82.4 Å². The number of nitrogens with one attached hydrogen (secondary N) is 6. The molecule has 0 bridgehead atoms. The van der Waals surface area contributed by atoms with Gasteiger partial charge in [-0.1, -0.05) is 96.6 Å². The number of allylic oxidation sites excluding steroid dienone is 2. The zero-order valence-electron chi connectivity index (χ0n) is 41.7. The van der Waals surface area contributed by atoms with E-state index in [-0.39, 0.29) is 30.3 Å². The number of anilines is 3. The van der Waals surface area contributed by atoms with E-state index in [4.69, 9.17) is 9.84 Å². The summed E-state index contributed by atoms with van der Waals surface area (Å²) < 4.78 is 37.2. The second-order valence-corrected chi connectivity index (χ2v) is 13.3. The number of aliphatic hydroxyl groups excluding tert-OH is 2. The maximum absolute atomic E-state index is 14.0. The SMILES string of the molecule is C=C(/C=C\C)NC.CC.CC.CC.CNCc1ccc(CNc2cnc(C(=O)Nc3ccccc3NC)cn2)cc1.COC.O=CCCC(=O)N=C1C=CB(C2OC(CO)C(O)C2(F)F)C(=O)N1. The van der Waals surface area contributed by atoms with Crippen LogP contribution in [0.5, 0.6) is 0 Å². The number of carbonyl (C=O) groups is 4. The molecule has 376 valence electrons. The topological polar surface area (TPSA) is 238 Å². The molecule has 2 aliphatic heterocycles. The Kier molecular flexibility index (Phi) is 35.6. The number of amidine groups is 1. The van der Waals surface area contributed by atoms with E-state index in [1.807, 2.05) is 99.0 Å². The quantitative estimate of drug-likeness (QED) is 0.0444. The summed E-state index contributed by atoms with van der Waals surface area (Å²) in [6.45, 7) is 16.9. The minimum absolute atomic E-state index is 0.0154. The predicted octanol–water partition coefficient (Wildman–Crippen LogP) is 6.82. The number of para-hydroxylation sites is 2. The minimum atomic E-state index is -3.73. The van der Waals surface area contributed by atoms with Gasteiger partial charge in [0.15, 0.2) is 5.81 Å². The number of aldehydes is 1. The first-order chi connectivity index (χ1) is 32.7. The Morgan fingerprint density at radius 1 is 0.971 bits per heavy atom. The second kappa shape index (κ2) is 37.9. The summed E-state index contributed by atoms with van der Waals surface area (Å²) in [4.78, 5) is 58.0. The number of likely N-dealkylation sites (N-methyl/N-ethyl adjacent to an activating group) is 1. The number of methoxy groups -OCH3 is 1. The highest BCUT2D eigenvalue weighted by Crippen LogP contribution is 2.38. The molecule has 5 rings (SSSR count). The number of carbonyl (C=O) groups excluding carboxylic acids is 4. The fraction of sp³-hybridized carbons (Fsp3) is 0.438. The lowest BCUT2D eigenvalue weighted by atomic mass is 9.42. The van der Waals surface area contributed by atoms with Crippen molar-refractivity contribution in [2.24, 2.45) is 4.99 Å². The van der Waals surface area contributed by atoms with Crippen molar-refractivity contribution in [3.05, 3.63) is 114 Å². The third-order valence-corrected chi connectivity index (χ3v) is 8.59. The fourth-order valence-corrected chi connectivity index (χ4v) is 5.44. The van der Waals surface area contributed by atoms with Crippen LogP contribution in [0, 0.1) is 0 Å². The molecule has 2 aliphatic rings. The number of halogens is 2. The average Bonchev–Trinajstić information content (AvgIpc) is 3.59. The number of benzene rings is 2. The first-order valence-corrected chi connectivity index (χ1v) is 22.4. The van der Waals surface area contributed by atoms with Crippen LogP contribution >= 0.6 is 0 Å². The number of hydrogen-bond acceptors (Lipinski definition) is 14. The van der Waals surface area contributed by atoms with Crippen molar-refractivity contribution in [1.82, 2.24) is 25.9 Å². The monoisotopic (exact) mass is 954 g/mol. The molecule has 1 saturated heterocycles. The maximum Gasteiger partial charge on any atom is 0.316 e. The Labute approximate surface area is 401 Å². The van der Waals surface area contributed by atoms with Gasteiger partial charge in [0.1, 0.15) is 41.8 Å². The third kappa shape index (κ3) is 23.0. The summed E-state index contributed by atoms with van der Waals surface area (Å²) in [5.41, 5.74) is 5.12. The molecule has 8 N–H and O–H groups in total. The highest BCUT2D eigenvalue weighted by Gasteiger charge is 2.62. The van der Waals surface area contributed by atoms with Crippen LogP contribution in [0.4, 0.5) is 30.8 Å². The number of aliphatic imine (C=N–C) groups is 1. The zero-order chi connectivity index (χ0) is 52.1. The Hall–Kier alpha value is -6.19. The van der Waals surface area contributed by atoms with Crippen LogP contribution in [0.25, 0.3) is 0 Å². The van der Waals surface area contributed by atoms with Crippen molar-refractivity contribution in [2.45, 2.75) is 98.5 Å². The number of amides is 3. The van der Waals surface area contributed by atoms with Crippen molar-refractivity contribution in [3.8, 4) is 0 Å². The Morgan fingerprint density at radius 3 is 2.01 bits per heavy atom. The molecule has 3 unspecified atom stereocenters. The molecule has 3 amide bonds. The van der Waals surface area contributed by atoms with Gasteiger partial charge in [-0.25, -0.2) is 18.7 Å². The standard InChI is InChI=1S/C21H24N6O.C13H15BF2N2O6.C6H11N.C2H6O.3C2H6/c1-22-11-15-7-9-16(10-8-15)12-25-20-14-24-19(13-26-20)21(28)27-18-6-4-3-5-17(18)23-2;15-13(16)10(22)7(6-20)24-11(13)14-4-3-8(18-12(14)23)17-9(21)2-1-5-19;1-4-5-6(2)7-3;1-3-2;3*1-2/h3-10,13-14,22-23H,11-12H2,1-2H3,(H,25,26)(H,27,28);3-5,7,10-11,20,22H,1-2,6H2,(H,17,18,21,23);4-5,7H,2H2,1,3H3;1-2H3;3*1-2H3/b;;5-4-;;;;. The van der Waals surface area contributed by atoms with Crippen molar-refractivity contribution < 1.29 is 47.6 Å². The number of aliphatic hydroxyl groups is 2. The van der Waals surface area contributed by atoms with Gasteiger partial charge in [0, 0.05) is 59.9 Å². The van der Waals surface area contributed by atoms with Gasteiger partial charge in [-0.05, 0) is 49.4 Å². The summed E-state index contributed by atoms with van der Waals surface area (Å²) in [5.74, 6) is -3.97. The van der Waals surface area contributed by atoms with Gasteiger partial charge in [-0.2, -0.15) is 4.99 Å². The Balaban J connectivity index is 0. The largest absolute Gasteiger partial charge is 0.394 e. The predicted molar refractivity (Wildman–Crippen MR) is 270 cm³/mol. The molecule has 2 aromatic carbocycles. The molecule has 3 atom stereocenters. The first kappa shape index (κ1) is 63.9. The van der Waals surface area contributed by atoms with E-state index in [1.54, 1.807) is 27.5 Å². The fourth-order valence-electron chi connectivity index (χ4n) is 5.44. The molecule has 68 heavy (non-hydrogen) atoms. The van der Waals surface area contributed by atoms with Gasteiger partial charge < -0.3 is 56.4 Å². The average molecular weight is 954 g/mol. The first-order valence-electron chi connectivity index (χ1n) is 22.4. The van der Waals surface area contributed by atoms with Gasteiger partial charge in [0.25, 0.3) is 11.8 Å². The molecule has 1 fully saturated rings. The lowest BCUT2D eigenvalue weighted by molar-refractivity contribution is -0.119. The molecule has 20 heteroatoms. The van der Waals surface area contributed by atoms with Crippen molar-refractivity contribution in [1.29, 1.82) is 0 Å². The van der Waals surface area contributed by atoms with Gasteiger partial charge in [0.2, 0.25) is 5.91 Å². The van der Waals surface area contributed by atoms with E-state index < -0.39 is 49.2 Å². The maximum atomic E-state index is 14.0. The van der Waals surface area contributed by atoms with Crippen LogP contribution in [0.3, 0.4) is 0 Å². The lowest BCUT2D eigenvalue weighted by Gasteiger charge is -2.25. The molecule has 0 saturated carbocycles. The summed E-state index contributed by atoms with van der Waals surface area (Å²) in [7, 11) is 8.83. The number of alkyl halides is 2. The van der Waals surface area contributed by atoms with E-state index >= 15 is 0 Å². The number of ether oxygens (including phenoxy) is 2. The number of rotatable bonds is 15. The van der Waals surface area contributed by atoms with Crippen LogP contribution in [0.15, 0.2) is 102 Å². The van der Waals surface area contributed by atoms with Crippen LogP contribution < -0.4 is 31.9 Å². The molecular weight excluding hydrogens is 879 g/mol. The molecule has 0 spiro atoms. The minimum Gasteiger partial charge on any atom is -0.394 e. The van der Waals surface area contributed by atoms with Gasteiger partial charge in [-0.3, -0.25) is 14.4 Å². The van der Waals surface area contributed by atoms with Crippen LogP contribution in [-0.2, 0) is 32.2 Å². The molecule has 1 aromatic heterocycles. The highest BCUT2D eigenvalue weighted by molar-refractivity contribution is 6.96. The van der Waals surface area contributed by atoms with Gasteiger partial charge in [0.05, 0.1) is 30.4 Å². The zero-order valence-corrected chi connectivity index (χ0v) is 41.7.